The Bertz CT molecular complexity index is 640. The summed E-state index contributed by atoms with van der Waals surface area (Å²) in [4.78, 5) is 11.9. The molecule has 3 nitrogen and oxygen atoms in total. The first-order valence-corrected chi connectivity index (χ1v) is 5.20. The molecule has 0 aliphatic carbocycles. The van der Waals surface area contributed by atoms with Crippen molar-refractivity contribution in [1.82, 2.24) is 15.0 Å². The van der Waals surface area contributed by atoms with Gasteiger partial charge in [-0.25, -0.2) is 9.97 Å². The van der Waals surface area contributed by atoms with Crippen molar-refractivity contribution in [3.8, 4) is 11.4 Å². The number of nitrogens with zero attached hydrogens (tertiary/aromatic N) is 2. The van der Waals surface area contributed by atoms with Crippen molar-refractivity contribution in [2.45, 2.75) is 6.92 Å². The van der Waals surface area contributed by atoms with E-state index in [9.17, 15) is 0 Å². The Labute approximate surface area is 93.2 Å². The first-order chi connectivity index (χ1) is 7.83. The van der Waals surface area contributed by atoms with Crippen LogP contribution in [0.3, 0.4) is 0 Å². The van der Waals surface area contributed by atoms with E-state index in [1.54, 1.807) is 6.20 Å². The van der Waals surface area contributed by atoms with Crippen LogP contribution in [0.4, 0.5) is 0 Å². The maximum atomic E-state index is 4.41. The van der Waals surface area contributed by atoms with Gasteiger partial charge >= 0.3 is 0 Å². The minimum atomic E-state index is 0.781. The topological polar surface area (TPSA) is 41.6 Å². The number of hydrogen-bond donors (Lipinski definition) is 1. The molecule has 0 fully saturated rings. The Morgan fingerprint density at radius 2 is 2.06 bits per heavy atom. The van der Waals surface area contributed by atoms with Gasteiger partial charge in [0.2, 0.25) is 0 Å². The highest BCUT2D eigenvalue weighted by Gasteiger charge is 2.02. The summed E-state index contributed by atoms with van der Waals surface area (Å²) in [5, 5.41) is 1.18. The highest BCUT2D eigenvalue weighted by Crippen LogP contribution is 2.20. The molecule has 2 aromatic heterocycles. The molecule has 3 rings (SSSR count). The van der Waals surface area contributed by atoms with E-state index in [1.807, 2.05) is 25.3 Å². The molecule has 3 heteroatoms. The Morgan fingerprint density at radius 1 is 1.12 bits per heavy atom. The van der Waals surface area contributed by atoms with E-state index >= 15 is 0 Å². The summed E-state index contributed by atoms with van der Waals surface area (Å²) < 4.78 is 0. The Hall–Kier alpha value is -2.16. The molecule has 0 aliphatic heterocycles. The Morgan fingerprint density at radius 3 is 2.94 bits per heavy atom. The van der Waals surface area contributed by atoms with Crippen molar-refractivity contribution in [2.75, 3.05) is 0 Å². The molecule has 0 radical (unpaired) electrons. The van der Waals surface area contributed by atoms with E-state index < -0.39 is 0 Å². The van der Waals surface area contributed by atoms with Gasteiger partial charge in [0, 0.05) is 34.6 Å². The van der Waals surface area contributed by atoms with Gasteiger partial charge in [0.15, 0.2) is 5.82 Å². The van der Waals surface area contributed by atoms with Gasteiger partial charge < -0.3 is 4.98 Å². The molecule has 16 heavy (non-hydrogen) atoms. The van der Waals surface area contributed by atoms with Crippen LogP contribution in [0, 0.1) is 6.92 Å². The van der Waals surface area contributed by atoms with E-state index in [4.69, 9.17) is 0 Å². The van der Waals surface area contributed by atoms with Crippen molar-refractivity contribution in [2.24, 2.45) is 0 Å². The fourth-order valence-electron chi connectivity index (χ4n) is 1.78. The van der Waals surface area contributed by atoms with E-state index in [-0.39, 0.29) is 0 Å². The zero-order chi connectivity index (χ0) is 11.0. The van der Waals surface area contributed by atoms with Crippen molar-refractivity contribution in [1.29, 1.82) is 0 Å². The normalized spacial score (nSPS) is 10.8. The lowest BCUT2D eigenvalue weighted by molar-refractivity contribution is 1.11. The van der Waals surface area contributed by atoms with E-state index in [2.05, 4.69) is 33.2 Å². The van der Waals surface area contributed by atoms with Crippen LogP contribution in [0.15, 0.2) is 42.7 Å². The maximum Gasteiger partial charge on any atom is 0.159 e. The predicted octanol–water partition coefficient (Wildman–Crippen LogP) is 2.93. The largest absolute Gasteiger partial charge is 0.361 e. The van der Waals surface area contributed by atoms with Crippen LogP contribution in [-0.2, 0) is 0 Å². The molecule has 0 saturated carbocycles. The van der Waals surface area contributed by atoms with Crippen molar-refractivity contribution in [3.05, 3.63) is 48.4 Å². The zero-order valence-electron chi connectivity index (χ0n) is 8.94. The molecule has 0 aliphatic rings. The number of fused-ring (bicyclic) bond motifs is 1. The lowest BCUT2D eigenvalue weighted by atomic mass is 10.1. The maximum absolute atomic E-state index is 4.41. The lowest BCUT2D eigenvalue weighted by Gasteiger charge is -2.01. The first-order valence-electron chi connectivity index (χ1n) is 5.20. The molecule has 0 saturated heterocycles. The van der Waals surface area contributed by atoms with Crippen LogP contribution >= 0.6 is 0 Å². The number of benzene rings is 1. The summed E-state index contributed by atoms with van der Waals surface area (Å²) in [7, 11) is 0. The summed E-state index contributed by atoms with van der Waals surface area (Å²) in [6, 6.07) is 10.1. The number of rotatable bonds is 1. The Balaban J connectivity index is 2.18. The van der Waals surface area contributed by atoms with Crippen molar-refractivity contribution >= 4 is 10.9 Å². The van der Waals surface area contributed by atoms with Crippen LogP contribution in [0.1, 0.15) is 5.69 Å². The smallest absolute Gasteiger partial charge is 0.159 e. The lowest BCUT2D eigenvalue weighted by Crippen LogP contribution is -1.90. The fraction of sp³-hybridized carbons (Fsp3) is 0.0769. The summed E-state index contributed by atoms with van der Waals surface area (Å²) in [5.41, 5.74) is 3.17. The van der Waals surface area contributed by atoms with Crippen LogP contribution in [0.25, 0.3) is 22.3 Å². The van der Waals surface area contributed by atoms with Gasteiger partial charge in [0.1, 0.15) is 0 Å². The summed E-state index contributed by atoms with van der Waals surface area (Å²) in [5.74, 6) is 0.781. The second-order valence-corrected chi connectivity index (χ2v) is 3.80. The standard InChI is InChI=1S/C13H11N3/c1-9-4-6-15-13(16-9)11-2-3-12-10(8-11)5-7-14-12/h2-8,14H,1H3. The highest BCUT2D eigenvalue weighted by atomic mass is 14.9. The summed E-state index contributed by atoms with van der Waals surface area (Å²) in [6.07, 6.45) is 3.73. The molecule has 3 aromatic rings. The molecule has 0 spiro atoms. The average molecular weight is 209 g/mol. The van der Waals surface area contributed by atoms with Gasteiger partial charge in [0.25, 0.3) is 0 Å². The molecule has 2 heterocycles. The van der Waals surface area contributed by atoms with Gasteiger partial charge in [-0.2, -0.15) is 0 Å². The van der Waals surface area contributed by atoms with Gasteiger partial charge in [0.05, 0.1) is 0 Å². The number of H-pyrrole nitrogens is 1. The van der Waals surface area contributed by atoms with E-state index in [1.165, 1.54) is 5.39 Å². The molecular formula is C13H11N3. The number of aromatic nitrogens is 3. The number of nitrogens with one attached hydrogen (secondary N) is 1. The number of hydrogen-bond acceptors (Lipinski definition) is 2. The molecule has 0 atom stereocenters. The van der Waals surface area contributed by atoms with Crippen LogP contribution in [-0.4, -0.2) is 15.0 Å². The fourth-order valence-corrected chi connectivity index (χ4v) is 1.78. The van der Waals surface area contributed by atoms with Gasteiger partial charge in [-0.3, -0.25) is 0 Å². The molecule has 0 bridgehead atoms. The third-order valence-electron chi connectivity index (χ3n) is 2.61. The molecule has 0 unspecified atom stereocenters. The zero-order valence-corrected chi connectivity index (χ0v) is 8.94. The van der Waals surface area contributed by atoms with Crippen LogP contribution in [0.5, 0.6) is 0 Å². The molecule has 0 amide bonds. The van der Waals surface area contributed by atoms with Gasteiger partial charge in [-0.05, 0) is 37.3 Å². The Kier molecular flexibility index (Phi) is 1.96. The summed E-state index contributed by atoms with van der Waals surface area (Å²) >= 11 is 0. The minimum absolute atomic E-state index is 0.781. The summed E-state index contributed by atoms with van der Waals surface area (Å²) in [6.45, 7) is 1.97. The van der Waals surface area contributed by atoms with E-state index in [0.29, 0.717) is 0 Å². The quantitative estimate of drug-likeness (QED) is 0.669. The van der Waals surface area contributed by atoms with Crippen molar-refractivity contribution < 1.29 is 0 Å². The SMILES string of the molecule is Cc1ccnc(-c2ccc3[nH]ccc3c2)n1. The monoisotopic (exact) mass is 209 g/mol. The third-order valence-corrected chi connectivity index (χ3v) is 2.61. The molecule has 1 aromatic carbocycles. The third kappa shape index (κ3) is 1.46. The second-order valence-electron chi connectivity index (χ2n) is 3.80. The van der Waals surface area contributed by atoms with Crippen LogP contribution in [0.2, 0.25) is 0 Å². The second kappa shape index (κ2) is 3.45. The average Bonchev–Trinajstić information content (AvgIpc) is 2.75. The van der Waals surface area contributed by atoms with Crippen molar-refractivity contribution in [3.63, 3.8) is 0 Å². The first kappa shape index (κ1) is 9.09. The highest BCUT2D eigenvalue weighted by molar-refractivity contribution is 5.83. The predicted molar refractivity (Wildman–Crippen MR) is 64.1 cm³/mol. The number of aryl methyl sites for hydroxylation is 1. The molecular weight excluding hydrogens is 198 g/mol. The molecule has 1 N–H and O–H groups in total. The van der Waals surface area contributed by atoms with Crippen LogP contribution < -0.4 is 0 Å². The molecule has 78 valence electrons. The van der Waals surface area contributed by atoms with E-state index in [0.717, 1.165) is 22.6 Å². The van der Waals surface area contributed by atoms with Gasteiger partial charge in [-0.1, -0.05) is 0 Å². The van der Waals surface area contributed by atoms with Gasteiger partial charge in [-0.15, -0.1) is 0 Å². The number of aromatic amines is 1. The minimum Gasteiger partial charge on any atom is -0.361 e.